The zero-order valence-corrected chi connectivity index (χ0v) is 40.0. The Labute approximate surface area is 374 Å². The average Bonchev–Trinajstić information content (AvgIpc) is 3.25. The number of rotatable bonds is 46. The van der Waals surface area contributed by atoms with Crippen molar-refractivity contribution in [1.82, 2.24) is 0 Å². The van der Waals surface area contributed by atoms with E-state index in [1.54, 1.807) is 0 Å². The van der Waals surface area contributed by atoms with Crippen molar-refractivity contribution >= 4 is 19.8 Å². The van der Waals surface area contributed by atoms with Crippen molar-refractivity contribution < 1.29 is 37.6 Å². The predicted octanol–water partition coefficient (Wildman–Crippen LogP) is 14.8. The molecule has 10 heteroatoms. The van der Waals surface area contributed by atoms with Gasteiger partial charge in [0, 0.05) is 19.4 Å². The van der Waals surface area contributed by atoms with Crippen LogP contribution in [-0.4, -0.2) is 49.3 Å². The maximum Gasteiger partial charge on any atom is 0.472 e. The molecule has 0 aromatic rings. The molecule has 0 aliphatic carbocycles. The minimum absolute atomic E-state index is 0.0482. The standard InChI is InChI=1S/C51H92NO8P/c1-3-5-7-9-11-13-15-17-19-21-23-24-26-28-30-32-34-36-38-40-42-44-51(54)60-49(48-59-61(55,56)58-46-45-52)47-57-50(53)43-41-39-37-35-33-31-29-27-25-22-20-18-16-14-12-10-8-6-4-2/h12,14-15,17-18,20-21,23,26,28,49H,3-11,13,16,19,22,24-25,27,29-48,52H2,1-2H3,(H,55,56)/b14-12-,17-15-,20-18-,23-21-,28-26-. The first kappa shape index (κ1) is 58.7. The molecule has 0 saturated carbocycles. The number of carbonyl (C=O) groups is 2. The smallest absolute Gasteiger partial charge is 0.462 e. The molecule has 0 amide bonds. The lowest BCUT2D eigenvalue weighted by Gasteiger charge is -2.19. The van der Waals surface area contributed by atoms with Crippen molar-refractivity contribution in [2.45, 2.75) is 225 Å². The Hall–Kier alpha value is -2.29. The van der Waals surface area contributed by atoms with E-state index in [1.807, 2.05) is 0 Å². The molecule has 3 N–H and O–H groups in total. The summed E-state index contributed by atoms with van der Waals surface area (Å²) in [5.74, 6) is -0.847. The van der Waals surface area contributed by atoms with Crippen LogP contribution in [0, 0.1) is 0 Å². The molecule has 0 rings (SSSR count). The highest BCUT2D eigenvalue weighted by Gasteiger charge is 2.26. The number of nitrogens with two attached hydrogens (primary N) is 1. The molecule has 0 bridgehead atoms. The minimum Gasteiger partial charge on any atom is -0.462 e. The average molecular weight is 878 g/mol. The normalized spacial score (nSPS) is 13.7. The van der Waals surface area contributed by atoms with E-state index in [4.69, 9.17) is 24.3 Å². The highest BCUT2D eigenvalue weighted by atomic mass is 31.2. The molecular formula is C51H92NO8P. The predicted molar refractivity (Wildman–Crippen MR) is 256 cm³/mol. The maximum atomic E-state index is 12.6. The minimum atomic E-state index is -4.39. The van der Waals surface area contributed by atoms with Gasteiger partial charge in [-0.2, -0.15) is 0 Å². The SMILES string of the molecule is CCCCC/C=C\C/C=C\CCCCCCCCCCCC(=O)OCC(COP(=O)(O)OCCN)OC(=O)CCCCCCCC/C=C\C/C=C\C/C=C\CCCCCCC. The number of ether oxygens (including phenoxy) is 2. The summed E-state index contributed by atoms with van der Waals surface area (Å²) in [5, 5.41) is 0. The van der Waals surface area contributed by atoms with Crippen molar-refractivity contribution in [3.05, 3.63) is 60.8 Å². The molecule has 0 aromatic heterocycles. The molecule has 0 aliphatic heterocycles. The Bertz CT molecular complexity index is 1180. The molecule has 9 nitrogen and oxygen atoms in total. The molecule has 0 saturated heterocycles. The lowest BCUT2D eigenvalue weighted by Crippen LogP contribution is -2.29. The van der Waals surface area contributed by atoms with Gasteiger partial charge >= 0.3 is 19.8 Å². The van der Waals surface area contributed by atoms with Crippen molar-refractivity contribution in [1.29, 1.82) is 0 Å². The van der Waals surface area contributed by atoms with Gasteiger partial charge in [0.25, 0.3) is 0 Å². The van der Waals surface area contributed by atoms with Gasteiger partial charge in [-0.15, -0.1) is 0 Å². The number of phosphoric acid groups is 1. The monoisotopic (exact) mass is 878 g/mol. The van der Waals surface area contributed by atoms with E-state index >= 15 is 0 Å². The van der Waals surface area contributed by atoms with Gasteiger partial charge in [0.2, 0.25) is 0 Å². The van der Waals surface area contributed by atoms with Crippen LogP contribution in [0.3, 0.4) is 0 Å². The number of hydrogen-bond donors (Lipinski definition) is 2. The van der Waals surface area contributed by atoms with E-state index in [1.165, 1.54) is 96.3 Å². The highest BCUT2D eigenvalue weighted by molar-refractivity contribution is 7.47. The molecule has 0 radical (unpaired) electrons. The van der Waals surface area contributed by atoms with E-state index in [0.717, 1.165) is 89.9 Å². The van der Waals surface area contributed by atoms with Crippen LogP contribution in [0.1, 0.15) is 219 Å². The van der Waals surface area contributed by atoms with E-state index in [2.05, 4.69) is 74.6 Å². The summed E-state index contributed by atoms with van der Waals surface area (Å²) in [7, 11) is -4.39. The van der Waals surface area contributed by atoms with Gasteiger partial charge in [0.15, 0.2) is 6.10 Å². The summed E-state index contributed by atoms with van der Waals surface area (Å²) >= 11 is 0. The van der Waals surface area contributed by atoms with Crippen molar-refractivity contribution in [3.8, 4) is 0 Å². The fourth-order valence-corrected chi connectivity index (χ4v) is 7.44. The van der Waals surface area contributed by atoms with Crippen molar-refractivity contribution in [2.24, 2.45) is 5.73 Å². The zero-order valence-electron chi connectivity index (χ0n) is 39.1. The fourth-order valence-electron chi connectivity index (χ4n) is 6.67. The number of allylic oxidation sites excluding steroid dienone is 10. The highest BCUT2D eigenvalue weighted by Crippen LogP contribution is 2.43. The lowest BCUT2D eigenvalue weighted by molar-refractivity contribution is -0.161. The summed E-state index contributed by atoms with van der Waals surface area (Å²) in [6.07, 6.45) is 56.7. The Balaban J connectivity index is 4.12. The maximum absolute atomic E-state index is 12.6. The Morgan fingerprint density at radius 1 is 0.492 bits per heavy atom. The van der Waals surface area contributed by atoms with Crippen LogP contribution >= 0.6 is 7.82 Å². The Kier molecular flexibility index (Phi) is 45.4. The van der Waals surface area contributed by atoms with Crippen LogP contribution in [0.5, 0.6) is 0 Å². The molecule has 61 heavy (non-hydrogen) atoms. The Morgan fingerprint density at radius 2 is 0.852 bits per heavy atom. The summed E-state index contributed by atoms with van der Waals surface area (Å²) < 4.78 is 32.9. The first-order chi connectivity index (χ1) is 29.8. The second-order valence-electron chi connectivity index (χ2n) is 16.3. The summed E-state index contributed by atoms with van der Waals surface area (Å²) in [6, 6.07) is 0. The third kappa shape index (κ3) is 47.0. The number of carbonyl (C=O) groups excluding carboxylic acids is 2. The third-order valence-electron chi connectivity index (χ3n) is 10.4. The van der Waals surface area contributed by atoms with Gasteiger partial charge < -0.3 is 20.1 Å². The second-order valence-corrected chi connectivity index (χ2v) is 17.8. The zero-order chi connectivity index (χ0) is 44.6. The quantitative estimate of drug-likeness (QED) is 0.0265. The largest absolute Gasteiger partial charge is 0.472 e. The van der Waals surface area contributed by atoms with Gasteiger partial charge in [-0.25, -0.2) is 4.57 Å². The fraction of sp³-hybridized carbons (Fsp3) is 0.765. The molecular weight excluding hydrogens is 786 g/mol. The van der Waals surface area contributed by atoms with Gasteiger partial charge in [-0.3, -0.25) is 18.6 Å². The van der Waals surface area contributed by atoms with Crippen molar-refractivity contribution in [2.75, 3.05) is 26.4 Å². The number of unbranched alkanes of at least 4 members (excludes halogenated alkanes) is 23. The Morgan fingerprint density at radius 3 is 1.30 bits per heavy atom. The van der Waals surface area contributed by atoms with Crippen LogP contribution in [0.15, 0.2) is 60.8 Å². The summed E-state index contributed by atoms with van der Waals surface area (Å²) in [5.41, 5.74) is 5.36. The van der Waals surface area contributed by atoms with Gasteiger partial charge in [0.1, 0.15) is 6.61 Å². The van der Waals surface area contributed by atoms with E-state index < -0.39 is 26.5 Å². The van der Waals surface area contributed by atoms with Gasteiger partial charge in [-0.05, 0) is 83.5 Å². The number of hydrogen-bond acceptors (Lipinski definition) is 8. The molecule has 0 aromatic carbocycles. The van der Waals surface area contributed by atoms with Crippen LogP contribution in [0.2, 0.25) is 0 Å². The van der Waals surface area contributed by atoms with E-state index in [-0.39, 0.29) is 38.6 Å². The van der Waals surface area contributed by atoms with Crippen LogP contribution in [-0.2, 0) is 32.7 Å². The van der Waals surface area contributed by atoms with Gasteiger partial charge in [0.05, 0.1) is 13.2 Å². The summed E-state index contributed by atoms with van der Waals surface area (Å²) in [6.45, 7) is 3.69. The van der Waals surface area contributed by atoms with E-state index in [9.17, 15) is 19.0 Å². The number of esters is 2. The molecule has 0 spiro atoms. The molecule has 2 unspecified atom stereocenters. The molecule has 354 valence electrons. The molecule has 0 aliphatic rings. The lowest BCUT2D eigenvalue weighted by atomic mass is 10.1. The second kappa shape index (κ2) is 47.2. The third-order valence-corrected chi connectivity index (χ3v) is 11.4. The van der Waals surface area contributed by atoms with E-state index in [0.29, 0.717) is 6.42 Å². The first-order valence-corrected chi connectivity index (χ1v) is 26.3. The first-order valence-electron chi connectivity index (χ1n) is 24.8. The number of phosphoric ester groups is 1. The topological polar surface area (TPSA) is 134 Å². The van der Waals surface area contributed by atoms with Crippen LogP contribution < -0.4 is 5.73 Å². The molecule has 0 fully saturated rings. The van der Waals surface area contributed by atoms with Crippen LogP contribution in [0.25, 0.3) is 0 Å². The van der Waals surface area contributed by atoms with Crippen molar-refractivity contribution in [3.63, 3.8) is 0 Å². The summed E-state index contributed by atoms with van der Waals surface area (Å²) in [4.78, 5) is 35.0. The molecule has 0 heterocycles. The molecule has 2 atom stereocenters. The van der Waals surface area contributed by atoms with Crippen LogP contribution in [0.4, 0.5) is 0 Å². The van der Waals surface area contributed by atoms with Gasteiger partial charge in [-0.1, -0.05) is 184 Å².